The van der Waals surface area contributed by atoms with E-state index in [1.54, 1.807) is 6.07 Å². The minimum absolute atomic E-state index is 0. The number of alkyl halides is 3. The summed E-state index contributed by atoms with van der Waals surface area (Å²) in [5.41, 5.74) is 0.662. The Bertz CT molecular complexity index is 619. The maximum Gasteiger partial charge on any atom is 1.00 e. The van der Waals surface area contributed by atoms with Gasteiger partial charge >= 0.3 is 81.2 Å². The van der Waals surface area contributed by atoms with Crippen LogP contribution in [0.5, 0.6) is 0 Å². The monoisotopic (exact) mass is 599 g/mol. The summed E-state index contributed by atoms with van der Waals surface area (Å²) in [6, 6.07) is 3.90. The van der Waals surface area contributed by atoms with E-state index in [0.29, 0.717) is 31.3 Å². The molecule has 0 spiro atoms. The molecule has 0 atom stereocenters. The molecule has 33 heavy (non-hydrogen) atoms. The maximum absolute atomic E-state index is 12.4. The molecular weight excluding hydrogens is 556 g/mol. The van der Waals surface area contributed by atoms with Crippen LogP contribution in [0.2, 0.25) is 0 Å². The molecule has 2 N–H and O–H groups in total. The van der Waals surface area contributed by atoms with E-state index in [1.165, 1.54) is 13.1 Å². The zero-order valence-electron chi connectivity index (χ0n) is 22.2. The van der Waals surface area contributed by atoms with Crippen molar-refractivity contribution in [1.29, 1.82) is 0 Å². The molecular formula is C24H43CsF3NO4. The van der Waals surface area contributed by atoms with Gasteiger partial charge in [0.1, 0.15) is 5.60 Å². The smallest absolute Gasteiger partial charge is 0.444 e. The third-order valence-electron chi connectivity index (χ3n) is 3.49. The minimum atomic E-state index is -4.26. The van der Waals surface area contributed by atoms with Crippen LogP contribution in [-0.2, 0) is 28.7 Å². The summed E-state index contributed by atoms with van der Waals surface area (Å²) < 4.78 is 47.3. The molecule has 9 heteroatoms. The minimum Gasteiger partial charge on any atom is -0.444 e. The molecule has 0 aromatic heterocycles. The molecule has 190 valence electrons. The van der Waals surface area contributed by atoms with E-state index in [9.17, 15) is 18.0 Å². The van der Waals surface area contributed by atoms with Gasteiger partial charge in [-0.05, 0) is 62.8 Å². The number of halogens is 3. The quantitative estimate of drug-likeness (QED) is 0.486. The van der Waals surface area contributed by atoms with Crippen molar-refractivity contribution in [2.24, 2.45) is 5.92 Å². The van der Waals surface area contributed by atoms with E-state index in [2.05, 4.69) is 5.32 Å². The Morgan fingerprint density at radius 2 is 1.70 bits per heavy atom. The van der Waals surface area contributed by atoms with Crippen LogP contribution < -0.4 is 74.2 Å². The number of hydrogen-bond donors (Lipinski definition) is 2. The van der Waals surface area contributed by atoms with Crippen LogP contribution in [0.3, 0.4) is 0 Å². The number of rotatable bonds is 1. The number of fused-ring (bicyclic) bond motifs is 1. The molecule has 0 unspecified atom stereocenters. The van der Waals surface area contributed by atoms with Crippen molar-refractivity contribution >= 4 is 6.09 Å². The third kappa shape index (κ3) is 22.5. The van der Waals surface area contributed by atoms with Crippen LogP contribution in [0.15, 0.2) is 18.2 Å². The number of carbonyl (C=O) groups is 1. The molecule has 0 fully saturated rings. The van der Waals surface area contributed by atoms with Crippen LogP contribution in [0.1, 0.15) is 71.6 Å². The average Bonchev–Trinajstić information content (AvgIpc) is 2.93. The zero-order valence-corrected chi connectivity index (χ0v) is 28.4. The molecule has 2 rings (SSSR count). The molecule has 1 aliphatic heterocycles. The van der Waals surface area contributed by atoms with Gasteiger partial charge in [0.25, 0.3) is 0 Å². The molecule has 5 nitrogen and oxygen atoms in total. The topological polar surface area (TPSA) is 67.8 Å². The second-order valence-electron chi connectivity index (χ2n) is 7.97. The van der Waals surface area contributed by atoms with E-state index < -0.39 is 11.7 Å². The Morgan fingerprint density at radius 1 is 1.18 bits per heavy atom. The first-order chi connectivity index (χ1) is 14.3. The van der Waals surface area contributed by atoms with Crippen molar-refractivity contribution in [3.8, 4) is 0 Å². The number of alkyl carbamates (subject to hydrolysis) is 1. The fourth-order valence-corrected chi connectivity index (χ4v) is 2.06. The number of aliphatic hydroxyl groups is 1. The van der Waals surface area contributed by atoms with Crippen molar-refractivity contribution in [2.45, 2.75) is 79.7 Å². The number of nitrogens with one attached hydrogen (secondary N) is 1. The van der Waals surface area contributed by atoms with Gasteiger partial charge in [-0.25, -0.2) is 4.79 Å². The summed E-state index contributed by atoms with van der Waals surface area (Å²) >= 11 is 0. The molecule has 0 aliphatic carbocycles. The van der Waals surface area contributed by atoms with Gasteiger partial charge in [-0.2, -0.15) is 13.2 Å². The second kappa shape index (κ2) is 21.5. The summed E-state index contributed by atoms with van der Waals surface area (Å²) in [7, 11) is 1.54. The van der Waals surface area contributed by atoms with Crippen molar-refractivity contribution in [1.82, 2.24) is 5.32 Å². The van der Waals surface area contributed by atoms with E-state index in [-0.39, 0.29) is 88.0 Å². The van der Waals surface area contributed by atoms with Crippen molar-refractivity contribution in [3.05, 3.63) is 42.3 Å². The van der Waals surface area contributed by atoms with Gasteiger partial charge in [-0.1, -0.05) is 33.8 Å². The van der Waals surface area contributed by atoms with Crippen LogP contribution >= 0.6 is 0 Å². The number of hydrogen-bond acceptors (Lipinski definition) is 4. The Balaban J connectivity index is -0.000000203. The van der Waals surface area contributed by atoms with Gasteiger partial charge in [0.2, 0.25) is 0 Å². The van der Waals surface area contributed by atoms with Crippen LogP contribution in [0.25, 0.3) is 0 Å². The van der Waals surface area contributed by atoms with Crippen LogP contribution in [0, 0.1) is 13.3 Å². The standard InChI is InChI=1S/C11H11F3O.C6H13NO2.C4H10O.C2H6.CH3.Cs/c12-11(13,14)10-4-3-8-2-1-5-15-7-9(8)6-10;1-6(2,3)9-5(8)7-4;1-4(2)3-5;1-2;;/h3-4,6H,1-2,5,7H2;1-4H3,(H,7,8);4-5H,3H2,1-2H3;1-2H3;1H3;/q;;;;-1;+1. The Hall–Kier alpha value is 0.252. The predicted octanol–water partition coefficient (Wildman–Crippen LogP) is 3.42. The first kappa shape index (κ1) is 40.4. The Labute approximate surface area is 258 Å². The summed E-state index contributed by atoms with van der Waals surface area (Å²) in [5, 5.41) is 10.5. The average molecular weight is 600 g/mol. The maximum atomic E-state index is 12.4. The van der Waals surface area contributed by atoms with E-state index in [4.69, 9.17) is 14.6 Å². The van der Waals surface area contributed by atoms with Crippen LogP contribution in [0.4, 0.5) is 18.0 Å². The van der Waals surface area contributed by atoms with Crippen LogP contribution in [-0.4, -0.2) is 37.1 Å². The van der Waals surface area contributed by atoms with E-state index in [1.807, 2.05) is 48.5 Å². The van der Waals surface area contributed by atoms with Gasteiger partial charge in [-0.3, -0.25) is 0 Å². The Morgan fingerprint density at radius 3 is 2.06 bits per heavy atom. The SMILES string of the molecule is CC.CC(C)CO.CNC(=O)OC(C)(C)C.FC(F)(F)c1ccc2c(c1)COCCC2.[CH3-].[Cs+]. The van der Waals surface area contributed by atoms with Crippen molar-refractivity contribution < 1.29 is 101 Å². The fraction of sp³-hybridized carbons (Fsp3) is 0.667. The summed E-state index contributed by atoms with van der Waals surface area (Å²) in [6.07, 6.45) is -2.98. The first-order valence-electron chi connectivity index (χ1n) is 10.6. The van der Waals surface area contributed by atoms with Gasteiger partial charge in [0.15, 0.2) is 0 Å². The number of benzene rings is 1. The number of aryl methyl sites for hydroxylation is 1. The molecule has 0 bridgehead atoms. The number of carbonyl (C=O) groups excluding carboxylic acids is 1. The normalized spacial score (nSPS) is 12.3. The molecule has 1 heterocycles. The zero-order chi connectivity index (χ0) is 24.7. The predicted molar refractivity (Wildman–Crippen MR) is 124 cm³/mol. The van der Waals surface area contributed by atoms with E-state index >= 15 is 0 Å². The molecule has 1 aliphatic rings. The molecule has 1 aromatic rings. The van der Waals surface area contributed by atoms with Gasteiger partial charge in [0.05, 0.1) is 12.2 Å². The third-order valence-corrected chi connectivity index (χ3v) is 3.49. The largest absolute Gasteiger partial charge is 1.00 e. The number of ether oxygens (including phenoxy) is 2. The van der Waals surface area contributed by atoms with Gasteiger partial charge in [0, 0.05) is 20.3 Å². The summed E-state index contributed by atoms with van der Waals surface area (Å²) in [6.45, 7) is 14.6. The molecule has 1 amide bonds. The van der Waals surface area contributed by atoms with Gasteiger partial charge < -0.3 is 27.3 Å². The summed E-state index contributed by atoms with van der Waals surface area (Å²) in [5.74, 6) is 0.440. The van der Waals surface area contributed by atoms with Crippen molar-refractivity contribution in [2.75, 3.05) is 20.3 Å². The fourth-order valence-electron chi connectivity index (χ4n) is 2.06. The first-order valence-corrected chi connectivity index (χ1v) is 10.6. The van der Waals surface area contributed by atoms with E-state index in [0.717, 1.165) is 24.5 Å². The molecule has 0 saturated carbocycles. The Kier molecular flexibility index (Phi) is 26.4. The number of amides is 1. The van der Waals surface area contributed by atoms with Crippen molar-refractivity contribution in [3.63, 3.8) is 0 Å². The van der Waals surface area contributed by atoms with Gasteiger partial charge in [-0.15, -0.1) is 0 Å². The molecule has 0 radical (unpaired) electrons. The number of aliphatic hydroxyl groups excluding tert-OH is 1. The summed E-state index contributed by atoms with van der Waals surface area (Å²) in [4.78, 5) is 10.5. The molecule has 1 aromatic carbocycles. The second-order valence-corrected chi connectivity index (χ2v) is 7.97. The molecule has 0 saturated heterocycles.